The minimum Gasteiger partial charge on any atom is -0.349 e. The lowest BCUT2D eigenvalue weighted by molar-refractivity contribution is 0.0958. The first-order valence-corrected chi connectivity index (χ1v) is 5.92. The van der Waals surface area contributed by atoms with Gasteiger partial charge in [0.15, 0.2) is 0 Å². The van der Waals surface area contributed by atoms with Gasteiger partial charge in [0.05, 0.1) is 9.35 Å². The highest BCUT2D eigenvalue weighted by molar-refractivity contribution is 9.11. The first kappa shape index (κ1) is 11.5. The average Bonchev–Trinajstić information content (AvgIpc) is 2.51. The van der Waals surface area contributed by atoms with Crippen LogP contribution in [0.4, 0.5) is 0 Å². The summed E-state index contributed by atoms with van der Waals surface area (Å²) >= 11 is 4.83. The number of nitrogens with one attached hydrogen (secondary N) is 1. The van der Waals surface area contributed by atoms with Crippen molar-refractivity contribution in [1.29, 1.82) is 0 Å². The van der Waals surface area contributed by atoms with Crippen LogP contribution in [0.5, 0.6) is 0 Å². The van der Waals surface area contributed by atoms with Crippen LogP contribution in [-0.4, -0.2) is 12.5 Å². The van der Waals surface area contributed by atoms with E-state index in [4.69, 9.17) is 0 Å². The topological polar surface area (TPSA) is 29.1 Å². The van der Waals surface area contributed by atoms with Crippen LogP contribution < -0.4 is 5.32 Å². The molecule has 0 atom stereocenters. The number of hydrogen-bond acceptors (Lipinski definition) is 2. The summed E-state index contributed by atoms with van der Waals surface area (Å²) in [6.07, 6.45) is 1.99. The summed E-state index contributed by atoms with van der Waals surface area (Å²) in [6.45, 7) is 4.61. The number of amides is 1. The largest absolute Gasteiger partial charge is 0.349 e. The highest BCUT2D eigenvalue weighted by atomic mass is 79.9. The van der Waals surface area contributed by atoms with Crippen LogP contribution in [0.3, 0.4) is 0 Å². The van der Waals surface area contributed by atoms with Crippen LogP contribution in [-0.2, 0) is 0 Å². The second-order valence-electron chi connectivity index (χ2n) is 3.13. The van der Waals surface area contributed by atoms with Gasteiger partial charge in [-0.05, 0) is 35.8 Å². The lowest BCUT2D eigenvalue weighted by Crippen LogP contribution is -2.22. The van der Waals surface area contributed by atoms with Crippen LogP contribution in [0.25, 0.3) is 0 Å². The fraction of sp³-hybridized carbons (Fsp3) is 0.300. The molecular weight excluding hydrogens is 262 g/mol. The number of carbonyl (C=O) groups is 1. The van der Waals surface area contributed by atoms with Crippen molar-refractivity contribution in [3.05, 3.63) is 32.4 Å². The molecule has 4 heteroatoms. The fourth-order valence-electron chi connectivity index (χ4n) is 0.879. The molecule has 0 saturated carbocycles. The zero-order valence-electron chi connectivity index (χ0n) is 8.13. The minimum atomic E-state index is -0.0237. The molecule has 2 nitrogen and oxygen atoms in total. The molecule has 1 rings (SSSR count). The maximum Gasteiger partial charge on any atom is 0.252 e. The fourth-order valence-corrected chi connectivity index (χ4v) is 2.02. The molecule has 1 N–H and O–H groups in total. The monoisotopic (exact) mass is 273 g/mol. The molecule has 1 aromatic heterocycles. The third-order valence-electron chi connectivity index (χ3n) is 1.60. The van der Waals surface area contributed by atoms with E-state index in [2.05, 4.69) is 21.2 Å². The Morgan fingerprint density at radius 2 is 2.36 bits per heavy atom. The maximum absolute atomic E-state index is 11.5. The van der Waals surface area contributed by atoms with Crippen molar-refractivity contribution in [2.24, 2.45) is 0 Å². The van der Waals surface area contributed by atoms with Crippen LogP contribution in [0.2, 0.25) is 0 Å². The summed E-state index contributed by atoms with van der Waals surface area (Å²) in [5.74, 6) is -0.0237. The Labute approximate surface area is 96.2 Å². The van der Waals surface area contributed by atoms with Crippen molar-refractivity contribution in [3.63, 3.8) is 0 Å². The van der Waals surface area contributed by atoms with Crippen molar-refractivity contribution in [3.8, 4) is 0 Å². The van der Waals surface area contributed by atoms with Gasteiger partial charge in [0.1, 0.15) is 0 Å². The van der Waals surface area contributed by atoms with Gasteiger partial charge in [-0.1, -0.05) is 11.6 Å². The zero-order chi connectivity index (χ0) is 10.6. The van der Waals surface area contributed by atoms with E-state index in [9.17, 15) is 4.79 Å². The van der Waals surface area contributed by atoms with Gasteiger partial charge in [-0.2, -0.15) is 0 Å². The van der Waals surface area contributed by atoms with Gasteiger partial charge >= 0.3 is 0 Å². The second-order valence-corrected chi connectivity index (χ2v) is 5.42. The van der Waals surface area contributed by atoms with Crippen molar-refractivity contribution in [1.82, 2.24) is 5.32 Å². The van der Waals surface area contributed by atoms with Crippen LogP contribution in [0.1, 0.15) is 24.2 Å². The minimum absolute atomic E-state index is 0.0237. The summed E-state index contributed by atoms with van der Waals surface area (Å²) in [4.78, 5) is 11.5. The molecule has 0 aliphatic rings. The molecule has 1 amide bonds. The van der Waals surface area contributed by atoms with E-state index in [0.29, 0.717) is 12.1 Å². The predicted molar refractivity (Wildman–Crippen MR) is 63.8 cm³/mol. The Morgan fingerprint density at radius 1 is 1.64 bits per heavy atom. The van der Waals surface area contributed by atoms with Crippen molar-refractivity contribution >= 4 is 33.2 Å². The lowest BCUT2D eigenvalue weighted by Gasteiger charge is -1.99. The van der Waals surface area contributed by atoms with Crippen LogP contribution in [0.15, 0.2) is 26.9 Å². The van der Waals surface area contributed by atoms with Crippen LogP contribution >= 0.6 is 27.3 Å². The highest BCUT2D eigenvalue weighted by Crippen LogP contribution is 2.20. The lowest BCUT2D eigenvalue weighted by atomic mass is 10.3. The number of rotatable bonds is 3. The first-order chi connectivity index (χ1) is 6.59. The standard InChI is InChI=1S/C10H12BrNOS/c1-7(2)3-4-12-10(13)8-5-9(11)14-6-8/h3,5-6H,4H2,1-2H3,(H,12,13). The molecule has 0 aliphatic carbocycles. The number of allylic oxidation sites excluding steroid dienone is 1. The highest BCUT2D eigenvalue weighted by Gasteiger charge is 2.05. The Balaban J connectivity index is 2.47. The van der Waals surface area contributed by atoms with E-state index in [1.165, 1.54) is 16.9 Å². The molecule has 0 radical (unpaired) electrons. The smallest absolute Gasteiger partial charge is 0.252 e. The second kappa shape index (κ2) is 5.32. The predicted octanol–water partition coefficient (Wildman–Crippen LogP) is 3.21. The average molecular weight is 274 g/mol. The van der Waals surface area contributed by atoms with Crippen molar-refractivity contribution in [2.45, 2.75) is 13.8 Å². The van der Waals surface area contributed by atoms with Gasteiger partial charge in [0.25, 0.3) is 5.91 Å². The number of carbonyl (C=O) groups excluding carboxylic acids is 1. The van der Waals surface area contributed by atoms with Gasteiger partial charge in [0.2, 0.25) is 0 Å². The van der Waals surface area contributed by atoms with E-state index in [1.54, 1.807) is 0 Å². The molecule has 1 heterocycles. The van der Waals surface area contributed by atoms with Gasteiger partial charge in [-0.3, -0.25) is 4.79 Å². The van der Waals surface area contributed by atoms with E-state index < -0.39 is 0 Å². The molecule has 0 bridgehead atoms. The molecule has 0 aliphatic heterocycles. The number of hydrogen-bond donors (Lipinski definition) is 1. The Morgan fingerprint density at radius 3 is 2.86 bits per heavy atom. The number of halogens is 1. The molecule has 0 spiro atoms. The molecule has 0 unspecified atom stereocenters. The first-order valence-electron chi connectivity index (χ1n) is 4.25. The molecule has 0 aromatic carbocycles. The Bertz CT molecular complexity index is 353. The number of thiophene rings is 1. The summed E-state index contributed by atoms with van der Waals surface area (Å²) in [5, 5.41) is 4.65. The Hall–Kier alpha value is -0.610. The van der Waals surface area contributed by atoms with E-state index in [0.717, 1.165) is 3.79 Å². The third-order valence-corrected chi connectivity index (χ3v) is 3.11. The summed E-state index contributed by atoms with van der Waals surface area (Å²) in [6, 6.07) is 1.82. The van der Waals surface area contributed by atoms with Crippen molar-refractivity contribution in [2.75, 3.05) is 6.54 Å². The van der Waals surface area contributed by atoms with E-state index in [-0.39, 0.29) is 5.91 Å². The molecule has 0 fully saturated rings. The molecule has 14 heavy (non-hydrogen) atoms. The Kier molecular flexibility index (Phi) is 4.35. The van der Waals surface area contributed by atoms with Gasteiger partial charge < -0.3 is 5.32 Å². The van der Waals surface area contributed by atoms with Crippen molar-refractivity contribution < 1.29 is 4.79 Å². The summed E-state index contributed by atoms with van der Waals surface area (Å²) < 4.78 is 0.977. The van der Waals surface area contributed by atoms with Crippen LogP contribution in [0, 0.1) is 0 Å². The van der Waals surface area contributed by atoms with E-state index in [1.807, 2.05) is 31.4 Å². The maximum atomic E-state index is 11.5. The van der Waals surface area contributed by atoms with Gasteiger partial charge in [-0.25, -0.2) is 0 Å². The van der Waals surface area contributed by atoms with Gasteiger partial charge in [-0.15, -0.1) is 11.3 Å². The quantitative estimate of drug-likeness (QED) is 0.842. The normalized spacial score (nSPS) is 9.64. The van der Waals surface area contributed by atoms with E-state index >= 15 is 0 Å². The molecule has 1 aromatic rings. The SMILES string of the molecule is CC(C)=CCNC(=O)c1csc(Br)c1. The summed E-state index contributed by atoms with van der Waals surface area (Å²) in [7, 11) is 0. The molecular formula is C10H12BrNOS. The molecule has 76 valence electrons. The summed E-state index contributed by atoms with van der Waals surface area (Å²) in [5.41, 5.74) is 1.92. The molecule has 0 saturated heterocycles. The van der Waals surface area contributed by atoms with Gasteiger partial charge in [0, 0.05) is 11.9 Å². The third kappa shape index (κ3) is 3.64. The zero-order valence-corrected chi connectivity index (χ0v) is 10.5.